The van der Waals surface area contributed by atoms with Crippen LogP contribution < -0.4 is 5.73 Å². The Kier molecular flexibility index (Phi) is 6.92. The number of hydrogen-bond acceptors (Lipinski definition) is 5. The highest BCUT2D eigenvalue weighted by Crippen LogP contribution is 2.78. The molecular weight excluding hydrogens is 581 g/mol. The SMILES string of the molecule is CC12CCC(O)CC13C=CC1(C(C(=O)c4cccc(C(F)(F)F)c4)=C3)C2CCC2(C)C1CCC2(O)CN1CCC(C(N)=O)CC1. The van der Waals surface area contributed by atoms with Crippen LogP contribution in [0.2, 0.25) is 0 Å². The summed E-state index contributed by atoms with van der Waals surface area (Å²) in [6, 6.07) is 4.74. The van der Waals surface area contributed by atoms with Crippen molar-refractivity contribution >= 4 is 11.7 Å². The Morgan fingerprint density at radius 3 is 2.33 bits per heavy atom. The number of β-amino-alcohol motifs (C(OH)–C–C–N with tert-alkyl or cyclic N) is 1. The fraction of sp³-hybridized carbons (Fsp3) is 0.667. The topological polar surface area (TPSA) is 104 Å². The summed E-state index contributed by atoms with van der Waals surface area (Å²) < 4.78 is 41.3. The van der Waals surface area contributed by atoms with Gasteiger partial charge in [-0.15, -0.1) is 0 Å². The van der Waals surface area contributed by atoms with E-state index in [0.29, 0.717) is 63.7 Å². The van der Waals surface area contributed by atoms with Crippen LogP contribution in [0.15, 0.2) is 48.1 Å². The summed E-state index contributed by atoms with van der Waals surface area (Å²) in [6.45, 7) is 6.30. The monoisotopic (exact) mass is 626 g/mol. The maximum Gasteiger partial charge on any atom is 0.416 e. The molecule has 1 amide bonds. The highest BCUT2D eigenvalue weighted by atomic mass is 19.4. The number of rotatable bonds is 5. The van der Waals surface area contributed by atoms with Gasteiger partial charge in [-0.05, 0) is 100 Å². The molecule has 6 aliphatic carbocycles. The van der Waals surface area contributed by atoms with Crippen molar-refractivity contribution < 1.29 is 33.0 Å². The largest absolute Gasteiger partial charge is 0.416 e. The van der Waals surface area contributed by atoms with Gasteiger partial charge >= 0.3 is 6.18 Å². The van der Waals surface area contributed by atoms with Crippen molar-refractivity contribution in [3.8, 4) is 0 Å². The average Bonchev–Trinajstić information content (AvgIpc) is 3.26. The Bertz CT molecular complexity index is 1480. The van der Waals surface area contributed by atoms with E-state index >= 15 is 0 Å². The van der Waals surface area contributed by atoms with Gasteiger partial charge in [0.05, 0.1) is 17.3 Å². The highest BCUT2D eigenvalue weighted by Gasteiger charge is 2.74. The Morgan fingerprint density at radius 2 is 1.64 bits per heavy atom. The minimum absolute atomic E-state index is 0.0254. The van der Waals surface area contributed by atoms with E-state index in [2.05, 4.69) is 30.9 Å². The van der Waals surface area contributed by atoms with Gasteiger partial charge in [0, 0.05) is 39.8 Å². The van der Waals surface area contributed by atoms with Crippen LogP contribution >= 0.6 is 0 Å². The third-order valence-corrected chi connectivity index (χ3v) is 13.9. The lowest BCUT2D eigenvalue weighted by Gasteiger charge is -2.71. The summed E-state index contributed by atoms with van der Waals surface area (Å²) in [5.74, 6) is -0.828. The van der Waals surface area contributed by atoms with E-state index in [4.69, 9.17) is 5.73 Å². The molecule has 4 fully saturated rings. The van der Waals surface area contributed by atoms with E-state index in [1.165, 1.54) is 12.1 Å². The molecule has 9 heteroatoms. The lowest BCUT2D eigenvalue weighted by Crippen LogP contribution is -2.67. The van der Waals surface area contributed by atoms with E-state index < -0.39 is 39.7 Å². The Hall–Kier alpha value is -2.49. The molecule has 45 heavy (non-hydrogen) atoms. The van der Waals surface area contributed by atoms with Crippen LogP contribution in [0.1, 0.15) is 87.6 Å². The zero-order valence-electron chi connectivity index (χ0n) is 26.2. The van der Waals surface area contributed by atoms with Gasteiger partial charge in [-0.3, -0.25) is 9.59 Å². The van der Waals surface area contributed by atoms with Crippen molar-refractivity contribution in [2.24, 2.45) is 45.1 Å². The number of carbonyl (C=O) groups is 2. The van der Waals surface area contributed by atoms with Gasteiger partial charge in [0.15, 0.2) is 5.78 Å². The molecule has 1 aromatic carbocycles. The van der Waals surface area contributed by atoms with Crippen LogP contribution in [0.3, 0.4) is 0 Å². The number of piperidine rings is 1. The lowest BCUT2D eigenvalue weighted by atomic mass is 9.32. The number of Topliss-reactive ketones (excluding diaryl/α,β-unsaturated/α-hetero) is 1. The standard InChI is InChI=1S/C36H45F3N2O4/c1-31-11-6-25(42)19-33(31)14-15-35(26(20-33)29(43)23-4-3-5-24(18-23)36(37,38)39)27(31)7-12-32(2)28(35)8-13-34(32,45)21-41-16-9-22(10-17-41)30(40)44/h3-5,14-15,18,20,22,25,27-28,42,45H,6-13,16-17,19,21H2,1-2H3,(H2,40,44). The molecule has 0 radical (unpaired) electrons. The van der Waals surface area contributed by atoms with Crippen LogP contribution in [0.4, 0.5) is 13.2 Å². The van der Waals surface area contributed by atoms with E-state index in [-0.39, 0.29) is 40.4 Å². The number of ketones is 1. The summed E-state index contributed by atoms with van der Waals surface area (Å²) in [6.07, 6.45) is 7.47. The molecule has 1 aromatic rings. The number of alkyl halides is 3. The van der Waals surface area contributed by atoms with Crippen molar-refractivity contribution in [2.75, 3.05) is 19.6 Å². The number of fused-ring (bicyclic) bond motifs is 1. The van der Waals surface area contributed by atoms with E-state index in [1.807, 2.05) is 6.08 Å². The smallest absolute Gasteiger partial charge is 0.393 e. The molecule has 0 aromatic heterocycles. The molecule has 8 rings (SSSR count). The number of carbonyl (C=O) groups excluding carboxylic acids is 2. The van der Waals surface area contributed by atoms with Gasteiger partial charge in [-0.1, -0.05) is 44.2 Å². The zero-order chi connectivity index (χ0) is 32.2. The molecule has 4 N–H and O–H groups in total. The summed E-state index contributed by atoms with van der Waals surface area (Å²) >= 11 is 0. The maximum absolute atomic E-state index is 14.6. The fourth-order valence-electron chi connectivity index (χ4n) is 11.3. The first kappa shape index (κ1) is 31.1. The minimum atomic E-state index is -4.57. The van der Waals surface area contributed by atoms with Crippen LogP contribution in [0.25, 0.3) is 0 Å². The van der Waals surface area contributed by atoms with Crippen molar-refractivity contribution in [1.82, 2.24) is 4.90 Å². The molecule has 7 aliphatic rings. The minimum Gasteiger partial charge on any atom is -0.393 e. The molecule has 1 heterocycles. The highest BCUT2D eigenvalue weighted by molar-refractivity contribution is 6.10. The van der Waals surface area contributed by atoms with Crippen LogP contribution in [-0.2, 0) is 11.0 Å². The first-order valence-electron chi connectivity index (χ1n) is 16.7. The number of nitrogens with two attached hydrogens (primary N) is 1. The molecule has 8 unspecified atom stereocenters. The van der Waals surface area contributed by atoms with Crippen LogP contribution in [0.5, 0.6) is 0 Å². The molecular formula is C36H45F3N2O4. The second-order valence-corrected chi connectivity index (χ2v) is 15.7. The van der Waals surface area contributed by atoms with Gasteiger partial charge in [0.2, 0.25) is 5.91 Å². The van der Waals surface area contributed by atoms with E-state index in [0.717, 1.165) is 31.4 Å². The first-order chi connectivity index (χ1) is 21.1. The maximum atomic E-state index is 14.6. The number of aliphatic hydroxyl groups excluding tert-OH is 1. The molecule has 1 saturated heterocycles. The Morgan fingerprint density at radius 1 is 0.978 bits per heavy atom. The van der Waals surface area contributed by atoms with Gasteiger partial charge in [-0.2, -0.15) is 13.2 Å². The molecule has 2 bridgehead atoms. The second-order valence-electron chi connectivity index (χ2n) is 15.7. The molecule has 244 valence electrons. The quantitative estimate of drug-likeness (QED) is 0.289. The Balaban J connectivity index is 1.30. The third-order valence-electron chi connectivity index (χ3n) is 13.9. The van der Waals surface area contributed by atoms with E-state index in [1.54, 1.807) is 0 Å². The first-order valence-corrected chi connectivity index (χ1v) is 16.7. The number of nitrogens with zero attached hydrogens (tertiary/aromatic N) is 1. The fourth-order valence-corrected chi connectivity index (χ4v) is 11.3. The predicted octanol–water partition coefficient (Wildman–Crippen LogP) is 5.68. The van der Waals surface area contributed by atoms with Gasteiger partial charge in [-0.25, -0.2) is 0 Å². The van der Waals surface area contributed by atoms with Crippen molar-refractivity contribution in [2.45, 2.75) is 89.5 Å². The van der Waals surface area contributed by atoms with Crippen LogP contribution in [0, 0.1) is 39.4 Å². The summed E-state index contributed by atoms with van der Waals surface area (Å²) in [7, 11) is 0. The number of amides is 1. The predicted molar refractivity (Wildman–Crippen MR) is 163 cm³/mol. The molecule has 2 spiro atoms. The third kappa shape index (κ3) is 4.25. The lowest BCUT2D eigenvalue weighted by molar-refractivity contribution is -0.177. The normalized spacial score (nSPS) is 42.9. The van der Waals surface area contributed by atoms with Gasteiger partial charge in [0.25, 0.3) is 0 Å². The number of primary amides is 1. The summed E-state index contributed by atoms with van der Waals surface area (Å²) in [5, 5.41) is 23.4. The Labute approximate surface area is 262 Å². The van der Waals surface area contributed by atoms with Gasteiger partial charge in [0.1, 0.15) is 0 Å². The van der Waals surface area contributed by atoms with Crippen molar-refractivity contribution in [3.63, 3.8) is 0 Å². The molecule has 1 aliphatic heterocycles. The number of benzene rings is 1. The van der Waals surface area contributed by atoms with Gasteiger partial charge < -0.3 is 20.8 Å². The van der Waals surface area contributed by atoms with Crippen molar-refractivity contribution in [3.05, 3.63) is 59.2 Å². The van der Waals surface area contributed by atoms with E-state index in [9.17, 15) is 33.0 Å². The number of halogens is 3. The van der Waals surface area contributed by atoms with Crippen molar-refractivity contribution in [1.29, 1.82) is 0 Å². The number of hydrogen-bond donors (Lipinski definition) is 3. The second kappa shape index (κ2) is 10.0. The molecule has 8 atom stereocenters. The zero-order valence-corrected chi connectivity index (χ0v) is 26.2. The number of allylic oxidation sites excluding steroid dienone is 4. The van der Waals surface area contributed by atoms with Crippen LogP contribution in [-0.4, -0.2) is 58.1 Å². The molecule has 6 nitrogen and oxygen atoms in total. The number of aliphatic hydroxyl groups is 2. The molecule has 3 saturated carbocycles. The number of likely N-dealkylation sites (tertiary alicyclic amines) is 1. The average molecular weight is 627 g/mol. The summed E-state index contributed by atoms with van der Waals surface area (Å²) in [4.78, 5) is 28.6. The summed E-state index contributed by atoms with van der Waals surface area (Å²) in [5.41, 5.74) is 2.21.